The van der Waals surface area contributed by atoms with Crippen LogP contribution in [-0.4, -0.2) is 43.1 Å². The fraction of sp³-hybridized carbons (Fsp3) is 0.387. The van der Waals surface area contributed by atoms with Crippen molar-refractivity contribution in [3.8, 4) is 23.0 Å². The van der Waals surface area contributed by atoms with E-state index in [1.165, 1.54) is 0 Å². The van der Waals surface area contributed by atoms with Crippen molar-refractivity contribution in [3.63, 3.8) is 0 Å². The highest BCUT2D eigenvalue weighted by Crippen LogP contribution is 2.45. The zero-order valence-electron chi connectivity index (χ0n) is 21.2. The van der Waals surface area contributed by atoms with Crippen molar-refractivity contribution in [2.24, 2.45) is 0 Å². The molecule has 2 saturated heterocycles. The summed E-state index contributed by atoms with van der Waals surface area (Å²) in [5.74, 6) is 1.42. The lowest BCUT2D eigenvalue weighted by atomic mass is 9.81. The molecule has 3 heterocycles. The van der Waals surface area contributed by atoms with Gasteiger partial charge in [-0.1, -0.05) is 24.3 Å². The topological polar surface area (TPSA) is 83.5 Å². The Labute approximate surface area is 222 Å². The Hall–Kier alpha value is -3.55. The largest absolute Gasteiger partial charge is 0.508 e. The molecule has 0 aliphatic carbocycles. The Balaban J connectivity index is 1.29. The zero-order chi connectivity index (χ0) is 25.9. The van der Waals surface area contributed by atoms with Crippen LogP contribution in [0.25, 0.3) is 0 Å². The molecule has 3 aliphatic heterocycles. The van der Waals surface area contributed by atoms with Crippen LogP contribution in [0.2, 0.25) is 0 Å². The third-order valence-corrected chi connectivity index (χ3v) is 7.35. The maximum atomic E-state index is 13.9. The monoisotopic (exact) mass is 516 g/mol. The zero-order valence-corrected chi connectivity index (χ0v) is 21.2. The maximum absolute atomic E-state index is 13.9. The van der Waals surface area contributed by atoms with Crippen LogP contribution >= 0.6 is 0 Å². The van der Waals surface area contributed by atoms with E-state index in [0.29, 0.717) is 36.0 Å². The van der Waals surface area contributed by atoms with Gasteiger partial charge < -0.3 is 28.8 Å². The number of ether oxygens (including phenoxy) is 5. The molecular weight excluding hydrogens is 484 g/mol. The molecule has 3 aliphatic rings. The van der Waals surface area contributed by atoms with Gasteiger partial charge in [0.05, 0.1) is 24.7 Å². The molecule has 0 saturated carbocycles. The molecular formula is C31H32O7. The molecule has 1 N–H and O–H groups in total. The number of phenolic OH excluding ortho intramolecular Hbond substituents is 1. The van der Waals surface area contributed by atoms with Crippen molar-refractivity contribution in [2.75, 3.05) is 19.8 Å². The molecule has 3 aromatic rings. The molecule has 4 atom stereocenters. The fourth-order valence-corrected chi connectivity index (χ4v) is 5.34. The Kier molecular flexibility index (Phi) is 7.20. The van der Waals surface area contributed by atoms with Crippen LogP contribution < -0.4 is 14.2 Å². The van der Waals surface area contributed by atoms with Gasteiger partial charge in [0.2, 0.25) is 0 Å². The van der Waals surface area contributed by atoms with E-state index in [1.807, 2.05) is 30.3 Å². The lowest BCUT2D eigenvalue weighted by Gasteiger charge is -2.34. The van der Waals surface area contributed by atoms with Crippen LogP contribution in [0.15, 0.2) is 66.7 Å². The van der Waals surface area contributed by atoms with Gasteiger partial charge in [-0.3, -0.25) is 4.79 Å². The van der Waals surface area contributed by atoms with Crippen LogP contribution in [0.3, 0.4) is 0 Å². The SMILES string of the molecule is O=C1c2ccc(OC3CCCOC3)cc2OC(c2ccc(O)cc2)C1c1ccc(OC2CCCCO2)cc1. The highest BCUT2D eigenvalue weighted by Gasteiger charge is 2.39. The smallest absolute Gasteiger partial charge is 0.199 e. The van der Waals surface area contributed by atoms with Crippen LogP contribution in [-0.2, 0) is 9.47 Å². The van der Waals surface area contributed by atoms with Gasteiger partial charge in [0, 0.05) is 19.1 Å². The predicted octanol–water partition coefficient (Wildman–Crippen LogP) is 5.96. The Morgan fingerprint density at radius 2 is 1.58 bits per heavy atom. The highest BCUT2D eigenvalue weighted by atomic mass is 16.7. The van der Waals surface area contributed by atoms with Gasteiger partial charge in [-0.15, -0.1) is 0 Å². The molecule has 7 heteroatoms. The Morgan fingerprint density at radius 3 is 2.32 bits per heavy atom. The van der Waals surface area contributed by atoms with Gasteiger partial charge in [0.25, 0.3) is 0 Å². The molecule has 0 radical (unpaired) electrons. The first-order valence-electron chi connectivity index (χ1n) is 13.4. The summed E-state index contributed by atoms with van der Waals surface area (Å²) in [6.45, 7) is 2.03. The van der Waals surface area contributed by atoms with E-state index in [2.05, 4.69) is 0 Å². The lowest BCUT2D eigenvalue weighted by Crippen LogP contribution is -2.30. The van der Waals surface area contributed by atoms with Crippen molar-refractivity contribution in [1.82, 2.24) is 0 Å². The average Bonchev–Trinajstić information content (AvgIpc) is 2.95. The van der Waals surface area contributed by atoms with E-state index >= 15 is 0 Å². The van der Waals surface area contributed by atoms with Crippen LogP contribution in [0.1, 0.15) is 65.6 Å². The summed E-state index contributed by atoms with van der Waals surface area (Å²) < 4.78 is 29.9. The number of aromatic hydroxyl groups is 1. The summed E-state index contributed by atoms with van der Waals surface area (Å²) in [5, 5.41) is 9.85. The van der Waals surface area contributed by atoms with Crippen molar-refractivity contribution < 1.29 is 33.6 Å². The van der Waals surface area contributed by atoms with Gasteiger partial charge in [-0.2, -0.15) is 0 Å². The van der Waals surface area contributed by atoms with E-state index in [9.17, 15) is 9.90 Å². The standard InChI is InChI=1S/C31H32O7/c32-22-10-6-21(7-11-22)31-29(20-8-12-23(13-9-20)37-28-5-1-2-17-35-28)30(33)26-15-14-24(18-27(26)38-31)36-25-4-3-16-34-19-25/h6-15,18,25,28-29,31-32H,1-5,16-17,19H2. The first-order chi connectivity index (χ1) is 18.6. The van der Waals surface area contributed by atoms with Gasteiger partial charge in [-0.05, 0) is 73.2 Å². The molecule has 3 aromatic carbocycles. The molecule has 6 rings (SSSR count). The number of Topliss-reactive ketones (excluding diaryl/α,β-unsaturated/α-hetero) is 1. The molecule has 38 heavy (non-hydrogen) atoms. The van der Waals surface area contributed by atoms with E-state index in [1.54, 1.807) is 36.4 Å². The van der Waals surface area contributed by atoms with Crippen LogP contribution in [0.4, 0.5) is 0 Å². The van der Waals surface area contributed by atoms with Crippen LogP contribution in [0.5, 0.6) is 23.0 Å². The first kappa shape index (κ1) is 24.8. The van der Waals surface area contributed by atoms with Gasteiger partial charge >= 0.3 is 0 Å². The van der Waals surface area contributed by atoms with Gasteiger partial charge in [0.15, 0.2) is 12.1 Å². The number of phenols is 1. The van der Waals surface area contributed by atoms with E-state index in [-0.39, 0.29) is 23.9 Å². The first-order valence-corrected chi connectivity index (χ1v) is 13.4. The molecule has 4 unspecified atom stereocenters. The highest BCUT2D eigenvalue weighted by molar-refractivity contribution is 6.04. The summed E-state index contributed by atoms with van der Waals surface area (Å²) in [5.41, 5.74) is 2.15. The number of benzene rings is 3. The molecule has 0 bridgehead atoms. The normalized spacial score (nSPS) is 25.2. The predicted molar refractivity (Wildman–Crippen MR) is 140 cm³/mol. The quantitative estimate of drug-likeness (QED) is 0.433. The second-order valence-corrected chi connectivity index (χ2v) is 10.1. The summed E-state index contributed by atoms with van der Waals surface area (Å²) in [7, 11) is 0. The van der Waals surface area contributed by atoms with Crippen molar-refractivity contribution in [1.29, 1.82) is 0 Å². The lowest BCUT2D eigenvalue weighted by molar-refractivity contribution is -0.105. The minimum absolute atomic E-state index is 0.0125. The summed E-state index contributed by atoms with van der Waals surface area (Å²) in [6.07, 6.45) is 4.10. The number of hydrogen-bond acceptors (Lipinski definition) is 7. The second-order valence-electron chi connectivity index (χ2n) is 10.1. The summed E-state index contributed by atoms with van der Waals surface area (Å²) in [4.78, 5) is 13.9. The third kappa shape index (κ3) is 5.35. The molecule has 0 amide bonds. The van der Waals surface area contributed by atoms with Crippen LogP contribution in [0, 0.1) is 0 Å². The van der Waals surface area contributed by atoms with Crippen molar-refractivity contribution >= 4 is 5.78 Å². The Morgan fingerprint density at radius 1 is 0.789 bits per heavy atom. The molecule has 0 aromatic heterocycles. The summed E-state index contributed by atoms with van der Waals surface area (Å²) >= 11 is 0. The molecule has 7 nitrogen and oxygen atoms in total. The second kappa shape index (κ2) is 11.1. The number of carbonyl (C=O) groups excluding carboxylic acids is 1. The van der Waals surface area contributed by atoms with E-state index in [0.717, 1.165) is 49.8 Å². The number of carbonyl (C=O) groups is 1. The average molecular weight is 517 g/mol. The number of hydrogen-bond donors (Lipinski definition) is 1. The third-order valence-electron chi connectivity index (χ3n) is 7.35. The van der Waals surface area contributed by atoms with Gasteiger partial charge in [0.1, 0.15) is 35.2 Å². The number of ketones is 1. The maximum Gasteiger partial charge on any atom is 0.199 e. The van der Waals surface area contributed by atoms with E-state index in [4.69, 9.17) is 23.7 Å². The molecule has 0 spiro atoms. The van der Waals surface area contributed by atoms with Crippen molar-refractivity contribution in [2.45, 2.75) is 56.5 Å². The van der Waals surface area contributed by atoms with Crippen molar-refractivity contribution in [3.05, 3.63) is 83.4 Å². The molecule has 198 valence electrons. The minimum atomic E-state index is -0.572. The molecule has 2 fully saturated rings. The minimum Gasteiger partial charge on any atom is -0.508 e. The van der Waals surface area contributed by atoms with E-state index < -0.39 is 12.0 Å². The Bertz CT molecular complexity index is 1240. The number of fused-ring (bicyclic) bond motifs is 1. The number of rotatable bonds is 6. The van der Waals surface area contributed by atoms with Gasteiger partial charge in [-0.25, -0.2) is 0 Å². The fourth-order valence-electron chi connectivity index (χ4n) is 5.34. The summed E-state index contributed by atoms with van der Waals surface area (Å²) in [6, 6.07) is 19.8.